The van der Waals surface area contributed by atoms with Gasteiger partial charge in [0.25, 0.3) is 0 Å². The van der Waals surface area contributed by atoms with E-state index in [1.54, 1.807) is 12.3 Å². The van der Waals surface area contributed by atoms with E-state index in [1.807, 2.05) is 31.2 Å². The molecule has 2 aromatic carbocycles. The molecule has 3 rings (SSSR count). The summed E-state index contributed by atoms with van der Waals surface area (Å²) in [5, 5.41) is 12.8. The number of anilines is 1. The number of aromatic amines is 1. The average Bonchev–Trinajstić information content (AvgIpc) is 2.94. The largest absolute Gasteiger partial charge is 0.377 e. The van der Waals surface area contributed by atoms with Crippen molar-refractivity contribution in [2.75, 3.05) is 5.32 Å². The van der Waals surface area contributed by atoms with Gasteiger partial charge in [-0.2, -0.15) is 5.10 Å². The smallest absolute Gasteiger partial charge is 0.0881 e. The summed E-state index contributed by atoms with van der Waals surface area (Å²) < 4.78 is 0. The van der Waals surface area contributed by atoms with Crippen molar-refractivity contribution >= 4 is 51.4 Å². The maximum Gasteiger partial charge on any atom is 0.0881 e. The molecule has 2 N–H and O–H groups in total. The Morgan fingerprint density at radius 2 is 1.90 bits per heavy atom. The van der Waals surface area contributed by atoms with Crippen LogP contribution in [0.15, 0.2) is 36.5 Å². The van der Waals surface area contributed by atoms with Crippen LogP contribution in [0.25, 0.3) is 10.9 Å². The highest BCUT2D eigenvalue weighted by Gasteiger charge is 2.15. The van der Waals surface area contributed by atoms with Gasteiger partial charge >= 0.3 is 0 Å². The van der Waals surface area contributed by atoms with Crippen LogP contribution in [0.5, 0.6) is 0 Å². The zero-order valence-electron chi connectivity index (χ0n) is 11.1. The molecule has 3 aromatic rings. The first-order valence-corrected chi connectivity index (χ1v) is 7.53. The highest BCUT2D eigenvalue weighted by Crippen LogP contribution is 2.36. The van der Waals surface area contributed by atoms with E-state index in [2.05, 4.69) is 15.5 Å². The predicted molar refractivity (Wildman–Crippen MR) is 89.6 cm³/mol. The van der Waals surface area contributed by atoms with Crippen LogP contribution in [0.2, 0.25) is 15.1 Å². The van der Waals surface area contributed by atoms with Crippen LogP contribution in [-0.2, 0) is 0 Å². The number of rotatable bonds is 3. The van der Waals surface area contributed by atoms with Crippen LogP contribution in [-0.4, -0.2) is 10.2 Å². The Hall–Kier alpha value is -1.42. The third-order valence-electron chi connectivity index (χ3n) is 3.38. The van der Waals surface area contributed by atoms with Crippen molar-refractivity contribution < 1.29 is 0 Å². The summed E-state index contributed by atoms with van der Waals surface area (Å²) in [6.45, 7) is 2.01. The Morgan fingerprint density at radius 3 is 2.71 bits per heavy atom. The average molecular weight is 341 g/mol. The Bertz CT molecular complexity index is 798. The van der Waals surface area contributed by atoms with Gasteiger partial charge in [-0.25, -0.2) is 0 Å². The summed E-state index contributed by atoms with van der Waals surface area (Å²) in [6, 6.07) is 9.56. The molecular formula is C15H12Cl3N3. The summed E-state index contributed by atoms with van der Waals surface area (Å²) >= 11 is 18.3. The van der Waals surface area contributed by atoms with Crippen molar-refractivity contribution in [3.8, 4) is 0 Å². The van der Waals surface area contributed by atoms with E-state index < -0.39 is 0 Å². The van der Waals surface area contributed by atoms with Crippen molar-refractivity contribution in [2.45, 2.75) is 13.0 Å². The molecule has 6 heteroatoms. The monoisotopic (exact) mass is 339 g/mol. The van der Waals surface area contributed by atoms with Crippen LogP contribution in [0.4, 0.5) is 5.69 Å². The minimum Gasteiger partial charge on any atom is -0.377 e. The van der Waals surface area contributed by atoms with Gasteiger partial charge in [0.05, 0.1) is 38.5 Å². The van der Waals surface area contributed by atoms with Crippen molar-refractivity contribution in [3.05, 3.63) is 57.2 Å². The third-order valence-corrected chi connectivity index (χ3v) is 4.69. The van der Waals surface area contributed by atoms with Crippen molar-refractivity contribution in [1.82, 2.24) is 10.2 Å². The van der Waals surface area contributed by atoms with E-state index in [9.17, 15) is 0 Å². The zero-order chi connectivity index (χ0) is 15.0. The first-order valence-electron chi connectivity index (χ1n) is 6.40. The van der Waals surface area contributed by atoms with E-state index in [0.717, 1.165) is 22.2 Å². The van der Waals surface area contributed by atoms with Gasteiger partial charge in [0.2, 0.25) is 0 Å². The molecule has 1 atom stereocenters. The lowest BCUT2D eigenvalue weighted by Gasteiger charge is -2.18. The second-order valence-corrected chi connectivity index (χ2v) is 5.93. The predicted octanol–water partition coefficient (Wildman–Crippen LogP) is 5.70. The Morgan fingerprint density at radius 1 is 1.10 bits per heavy atom. The topological polar surface area (TPSA) is 40.7 Å². The molecule has 0 aliphatic rings. The number of nitrogens with zero attached hydrogens (tertiary/aromatic N) is 1. The summed E-state index contributed by atoms with van der Waals surface area (Å²) in [4.78, 5) is 0. The lowest BCUT2D eigenvalue weighted by Crippen LogP contribution is -2.07. The van der Waals surface area contributed by atoms with Crippen LogP contribution >= 0.6 is 34.8 Å². The summed E-state index contributed by atoms with van der Waals surface area (Å²) in [6.07, 6.45) is 1.79. The Balaban J connectivity index is 1.95. The van der Waals surface area contributed by atoms with Crippen LogP contribution in [0.3, 0.4) is 0 Å². The first-order chi connectivity index (χ1) is 10.1. The Labute approximate surface area is 137 Å². The molecule has 0 saturated carbocycles. The quantitative estimate of drug-likeness (QED) is 0.601. The van der Waals surface area contributed by atoms with Gasteiger partial charge in [-0.15, -0.1) is 0 Å². The SMILES string of the molecule is CC(Nc1cccc2cn[nH]c12)c1ccc(Cl)c(Cl)c1Cl. The molecule has 0 bridgehead atoms. The van der Waals surface area contributed by atoms with Gasteiger partial charge in [-0.05, 0) is 24.6 Å². The van der Waals surface area contributed by atoms with E-state index in [-0.39, 0.29) is 6.04 Å². The highest BCUT2D eigenvalue weighted by atomic mass is 35.5. The van der Waals surface area contributed by atoms with Gasteiger partial charge in [0.1, 0.15) is 0 Å². The number of benzene rings is 2. The van der Waals surface area contributed by atoms with Crippen LogP contribution in [0, 0.1) is 0 Å². The lowest BCUT2D eigenvalue weighted by molar-refractivity contribution is 0.886. The van der Waals surface area contributed by atoms with Crippen molar-refractivity contribution in [3.63, 3.8) is 0 Å². The Kier molecular flexibility index (Phi) is 3.98. The van der Waals surface area contributed by atoms with E-state index in [4.69, 9.17) is 34.8 Å². The number of halogens is 3. The first kappa shape index (κ1) is 14.5. The van der Waals surface area contributed by atoms with E-state index in [0.29, 0.717) is 15.1 Å². The number of hydrogen-bond acceptors (Lipinski definition) is 2. The number of aromatic nitrogens is 2. The maximum absolute atomic E-state index is 6.28. The number of H-pyrrole nitrogens is 1. The second kappa shape index (κ2) is 5.76. The molecular weight excluding hydrogens is 329 g/mol. The van der Waals surface area contributed by atoms with E-state index in [1.165, 1.54) is 0 Å². The second-order valence-electron chi connectivity index (χ2n) is 4.77. The lowest BCUT2D eigenvalue weighted by atomic mass is 10.1. The molecule has 0 spiro atoms. The highest BCUT2D eigenvalue weighted by molar-refractivity contribution is 6.48. The number of nitrogens with one attached hydrogen (secondary N) is 2. The number of para-hydroxylation sites is 1. The summed E-state index contributed by atoms with van der Waals surface area (Å²) in [5.74, 6) is 0. The fraction of sp³-hybridized carbons (Fsp3) is 0.133. The minimum absolute atomic E-state index is 0.0267. The number of hydrogen-bond donors (Lipinski definition) is 2. The van der Waals surface area contributed by atoms with Gasteiger partial charge < -0.3 is 5.32 Å². The van der Waals surface area contributed by atoms with Gasteiger partial charge in [0.15, 0.2) is 0 Å². The molecule has 0 saturated heterocycles. The molecule has 0 amide bonds. The number of fused-ring (bicyclic) bond motifs is 1. The molecule has 1 heterocycles. The molecule has 1 unspecified atom stereocenters. The van der Waals surface area contributed by atoms with Crippen molar-refractivity contribution in [1.29, 1.82) is 0 Å². The normalized spacial score (nSPS) is 12.6. The standard InChI is InChI=1S/C15H12Cl3N3/c1-8(10-5-6-11(16)14(18)13(10)17)20-12-4-2-3-9-7-19-21-15(9)12/h2-8,20H,1H3,(H,19,21). The zero-order valence-corrected chi connectivity index (χ0v) is 13.4. The van der Waals surface area contributed by atoms with Gasteiger partial charge in [-0.3, -0.25) is 5.10 Å². The molecule has 0 fully saturated rings. The molecule has 0 aliphatic carbocycles. The van der Waals surface area contributed by atoms with Crippen LogP contribution < -0.4 is 5.32 Å². The summed E-state index contributed by atoms with van der Waals surface area (Å²) in [7, 11) is 0. The third kappa shape index (κ3) is 2.69. The molecule has 3 nitrogen and oxygen atoms in total. The molecule has 108 valence electrons. The maximum atomic E-state index is 6.28. The molecule has 1 aromatic heterocycles. The van der Waals surface area contributed by atoms with Crippen LogP contribution in [0.1, 0.15) is 18.5 Å². The summed E-state index contributed by atoms with van der Waals surface area (Å²) in [5.41, 5.74) is 2.81. The molecule has 21 heavy (non-hydrogen) atoms. The minimum atomic E-state index is -0.0267. The fourth-order valence-electron chi connectivity index (χ4n) is 2.28. The molecule has 0 radical (unpaired) electrons. The molecule has 0 aliphatic heterocycles. The fourth-order valence-corrected chi connectivity index (χ4v) is 2.98. The van der Waals surface area contributed by atoms with Gasteiger partial charge in [0, 0.05) is 5.39 Å². The van der Waals surface area contributed by atoms with Gasteiger partial charge in [-0.1, -0.05) is 53.0 Å². The van der Waals surface area contributed by atoms with E-state index >= 15 is 0 Å². The van der Waals surface area contributed by atoms with Crippen molar-refractivity contribution in [2.24, 2.45) is 0 Å².